The third-order valence-corrected chi connectivity index (χ3v) is 3.67. The third-order valence-electron chi connectivity index (χ3n) is 3.67. The molecule has 2 unspecified atom stereocenters. The van der Waals surface area contributed by atoms with Crippen molar-refractivity contribution < 1.29 is 9.59 Å². The fourth-order valence-corrected chi connectivity index (χ4v) is 2.67. The highest BCUT2D eigenvalue weighted by Gasteiger charge is 2.30. The minimum Gasteiger partial charge on any atom is -0.338 e. The molecular formula is C13H26N4O2. The molecule has 0 saturated heterocycles. The molecule has 19 heavy (non-hydrogen) atoms. The topological polar surface area (TPSA) is 87.5 Å². The van der Waals surface area contributed by atoms with Crippen LogP contribution in [0.5, 0.6) is 0 Å². The Balaban J connectivity index is 2.33. The van der Waals surface area contributed by atoms with Gasteiger partial charge in [-0.2, -0.15) is 0 Å². The van der Waals surface area contributed by atoms with Gasteiger partial charge in [-0.3, -0.25) is 15.0 Å². The number of urea groups is 1. The van der Waals surface area contributed by atoms with Crippen LogP contribution in [-0.2, 0) is 4.79 Å². The maximum Gasteiger partial charge on any atom is 0.321 e. The first-order valence-corrected chi connectivity index (χ1v) is 7.06. The van der Waals surface area contributed by atoms with E-state index >= 15 is 0 Å². The summed E-state index contributed by atoms with van der Waals surface area (Å²) < 4.78 is 0. The molecule has 0 aromatic rings. The van der Waals surface area contributed by atoms with E-state index in [4.69, 9.17) is 5.73 Å². The molecule has 0 aromatic carbocycles. The predicted molar refractivity (Wildman–Crippen MR) is 74.6 cm³/mol. The van der Waals surface area contributed by atoms with Crippen molar-refractivity contribution in [2.24, 2.45) is 11.7 Å². The van der Waals surface area contributed by atoms with Crippen molar-refractivity contribution in [1.82, 2.24) is 15.5 Å². The Bertz CT molecular complexity index is 309. The van der Waals surface area contributed by atoms with E-state index in [1.807, 2.05) is 18.9 Å². The molecule has 0 heterocycles. The maximum absolute atomic E-state index is 11.7. The van der Waals surface area contributed by atoms with Crippen molar-refractivity contribution in [2.75, 3.05) is 26.7 Å². The fraction of sp³-hybridized carbons (Fsp3) is 0.846. The van der Waals surface area contributed by atoms with E-state index in [0.717, 1.165) is 25.7 Å². The summed E-state index contributed by atoms with van der Waals surface area (Å²) in [6.45, 7) is 3.43. The molecule has 1 saturated carbocycles. The Hall–Kier alpha value is -1.14. The lowest BCUT2D eigenvalue weighted by Crippen LogP contribution is -2.47. The summed E-state index contributed by atoms with van der Waals surface area (Å²) in [5.74, 6) is 0.200. The maximum atomic E-state index is 11.7. The summed E-state index contributed by atoms with van der Waals surface area (Å²) in [4.78, 5) is 25.1. The molecule has 1 rings (SSSR count). The van der Waals surface area contributed by atoms with Gasteiger partial charge in [0.1, 0.15) is 0 Å². The molecular weight excluding hydrogens is 244 g/mol. The Labute approximate surface area is 115 Å². The lowest BCUT2D eigenvalue weighted by atomic mass is 10.0. The predicted octanol–water partition coefficient (Wildman–Crippen LogP) is 0.281. The minimum absolute atomic E-state index is 0.237. The van der Waals surface area contributed by atoms with Crippen LogP contribution >= 0.6 is 0 Å². The quantitative estimate of drug-likeness (QED) is 0.647. The zero-order valence-corrected chi connectivity index (χ0v) is 11.9. The van der Waals surface area contributed by atoms with Crippen molar-refractivity contribution >= 4 is 11.9 Å². The van der Waals surface area contributed by atoms with Gasteiger partial charge in [-0.05, 0) is 38.8 Å². The second kappa shape index (κ2) is 8.12. The highest BCUT2D eigenvalue weighted by atomic mass is 16.2. The molecule has 0 spiro atoms. The summed E-state index contributed by atoms with van der Waals surface area (Å²) in [6, 6.07) is -0.0588. The average Bonchev–Trinajstić information content (AvgIpc) is 2.84. The summed E-state index contributed by atoms with van der Waals surface area (Å²) in [7, 11) is 1.92. The van der Waals surface area contributed by atoms with Crippen molar-refractivity contribution in [3.63, 3.8) is 0 Å². The first kappa shape index (κ1) is 15.9. The largest absolute Gasteiger partial charge is 0.338 e. The number of likely N-dealkylation sites (N-methyl/N-ethyl adjacent to an activating group) is 1. The minimum atomic E-state index is -0.415. The Morgan fingerprint density at radius 1 is 1.37 bits per heavy atom. The van der Waals surface area contributed by atoms with Crippen LogP contribution in [0.25, 0.3) is 0 Å². The number of nitrogens with one attached hydrogen (secondary N) is 2. The molecule has 0 radical (unpaired) electrons. The van der Waals surface area contributed by atoms with Gasteiger partial charge in [-0.25, -0.2) is 4.79 Å². The standard InChI is InChI=1S/C13H26N4O2/c1-3-7-15-13(19)16-12(18)9-17(2)11-6-4-5-10(11)8-14/h10-11H,3-9,14H2,1-2H3,(H2,15,16,18,19). The van der Waals surface area contributed by atoms with E-state index < -0.39 is 6.03 Å². The molecule has 110 valence electrons. The normalized spacial score (nSPS) is 22.5. The molecule has 3 amide bonds. The summed E-state index contributed by atoms with van der Waals surface area (Å²) >= 11 is 0. The van der Waals surface area contributed by atoms with Crippen LogP contribution in [0.1, 0.15) is 32.6 Å². The second-order valence-electron chi connectivity index (χ2n) is 5.21. The third kappa shape index (κ3) is 5.16. The number of carbonyl (C=O) groups excluding carboxylic acids is 2. The average molecular weight is 270 g/mol. The zero-order valence-electron chi connectivity index (χ0n) is 11.9. The van der Waals surface area contributed by atoms with E-state index in [9.17, 15) is 9.59 Å². The molecule has 2 atom stereocenters. The number of nitrogens with two attached hydrogens (primary N) is 1. The Kier molecular flexibility index (Phi) is 6.80. The molecule has 0 aliphatic heterocycles. The van der Waals surface area contributed by atoms with Crippen LogP contribution in [-0.4, -0.2) is 49.6 Å². The lowest BCUT2D eigenvalue weighted by Gasteiger charge is -2.28. The van der Waals surface area contributed by atoms with Crippen molar-refractivity contribution in [1.29, 1.82) is 0 Å². The van der Waals surface area contributed by atoms with Crippen molar-refractivity contribution in [3.05, 3.63) is 0 Å². The molecule has 6 nitrogen and oxygen atoms in total. The highest BCUT2D eigenvalue weighted by molar-refractivity contribution is 5.95. The summed E-state index contributed by atoms with van der Waals surface area (Å²) in [5.41, 5.74) is 5.74. The van der Waals surface area contributed by atoms with E-state index in [1.165, 1.54) is 0 Å². The smallest absolute Gasteiger partial charge is 0.321 e. The van der Waals surface area contributed by atoms with Gasteiger partial charge < -0.3 is 11.1 Å². The van der Waals surface area contributed by atoms with Crippen LogP contribution in [0, 0.1) is 5.92 Å². The van der Waals surface area contributed by atoms with Gasteiger partial charge in [0.05, 0.1) is 6.54 Å². The lowest BCUT2D eigenvalue weighted by molar-refractivity contribution is -0.121. The van der Waals surface area contributed by atoms with Crippen LogP contribution in [0.2, 0.25) is 0 Å². The molecule has 1 fully saturated rings. The summed E-state index contributed by atoms with van der Waals surface area (Å²) in [5, 5.41) is 4.96. The highest BCUT2D eigenvalue weighted by Crippen LogP contribution is 2.28. The summed E-state index contributed by atoms with van der Waals surface area (Å²) in [6.07, 6.45) is 4.22. The van der Waals surface area contributed by atoms with E-state index in [0.29, 0.717) is 25.0 Å². The van der Waals surface area contributed by atoms with Gasteiger partial charge in [-0.15, -0.1) is 0 Å². The van der Waals surface area contributed by atoms with E-state index in [-0.39, 0.29) is 12.5 Å². The van der Waals surface area contributed by atoms with Gasteiger partial charge in [0.25, 0.3) is 0 Å². The van der Waals surface area contributed by atoms with Gasteiger partial charge in [0.2, 0.25) is 5.91 Å². The van der Waals surface area contributed by atoms with Crippen LogP contribution < -0.4 is 16.4 Å². The van der Waals surface area contributed by atoms with Gasteiger partial charge >= 0.3 is 6.03 Å². The fourth-order valence-electron chi connectivity index (χ4n) is 2.67. The van der Waals surface area contributed by atoms with E-state index in [2.05, 4.69) is 10.6 Å². The number of nitrogens with zero attached hydrogens (tertiary/aromatic N) is 1. The second-order valence-corrected chi connectivity index (χ2v) is 5.21. The number of amides is 3. The SMILES string of the molecule is CCCNC(=O)NC(=O)CN(C)C1CCCC1CN. The Morgan fingerprint density at radius 2 is 2.11 bits per heavy atom. The number of hydrogen-bond acceptors (Lipinski definition) is 4. The van der Waals surface area contributed by atoms with Crippen molar-refractivity contribution in [3.8, 4) is 0 Å². The first-order chi connectivity index (χ1) is 9.08. The molecule has 4 N–H and O–H groups in total. The zero-order chi connectivity index (χ0) is 14.3. The van der Waals surface area contributed by atoms with Gasteiger partial charge in [0.15, 0.2) is 0 Å². The van der Waals surface area contributed by atoms with Gasteiger partial charge in [-0.1, -0.05) is 13.3 Å². The number of rotatable bonds is 6. The Morgan fingerprint density at radius 3 is 2.74 bits per heavy atom. The molecule has 0 aromatic heterocycles. The molecule has 1 aliphatic rings. The molecule has 1 aliphatic carbocycles. The van der Waals surface area contributed by atoms with Crippen LogP contribution in [0.3, 0.4) is 0 Å². The van der Waals surface area contributed by atoms with Gasteiger partial charge in [0, 0.05) is 12.6 Å². The first-order valence-electron chi connectivity index (χ1n) is 7.06. The van der Waals surface area contributed by atoms with Crippen molar-refractivity contribution in [2.45, 2.75) is 38.6 Å². The monoisotopic (exact) mass is 270 g/mol. The number of carbonyl (C=O) groups is 2. The number of imide groups is 1. The van der Waals surface area contributed by atoms with Crippen LogP contribution in [0.4, 0.5) is 4.79 Å². The van der Waals surface area contributed by atoms with E-state index in [1.54, 1.807) is 0 Å². The molecule has 6 heteroatoms. The number of hydrogen-bond donors (Lipinski definition) is 3. The molecule has 0 bridgehead atoms. The van der Waals surface area contributed by atoms with Crippen LogP contribution in [0.15, 0.2) is 0 Å².